The lowest BCUT2D eigenvalue weighted by Crippen LogP contribution is -2.59. The summed E-state index contributed by atoms with van der Waals surface area (Å²) in [5, 5.41) is 10.3. The second-order valence-corrected chi connectivity index (χ2v) is 9.17. The number of amides is 3. The predicted molar refractivity (Wildman–Crippen MR) is 125 cm³/mol. The van der Waals surface area contributed by atoms with Crippen LogP contribution in [-0.2, 0) is 6.54 Å². The quantitative estimate of drug-likeness (QED) is 0.748. The molecular weight excluding hydrogens is 404 g/mol. The number of fused-ring (bicyclic) bond motifs is 2. The Kier molecular flexibility index (Phi) is 5.99. The first-order chi connectivity index (χ1) is 14.9. The number of piperazine rings is 1. The zero-order valence-electron chi connectivity index (χ0n) is 18.4. The van der Waals surface area contributed by atoms with Crippen LogP contribution in [0.1, 0.15) is 67.3 Å². The third-order valence-electron chi connectivity index (χ3n) is 7.05. The summed E-state index contributed by atoms with van der Waals surface area (Å²) in [5.74, 6) is 0.318. The third-order valence-corrected chi connectivity index (χ3v) is 7.05. The minimum Gasteiger partial charge on any atom is -0.319 e. The number of hydrogen-bond donors (Lipinski definition) is 2. The maximum atomic E-state index is 13.5. The van der Waals surface area contributed by atoms with E-state index in [1.54, 1.807) is 6.07 Å². The molecule has 0 bridgehead atoms. The van der Waals surface area contributed by atoms with Crippen molar-refractivity contribution in [2.24, 2.45) is 0 Å². The summed E-state index contributed by atoms with van der Waals surface area (Å²) in [7, 11) is 0. The van der Waals surface area contributed by atoms with Gasteiger partial charge in [0.15, 0.2) is 5.82 Å². The molecule has 2 N–H and O–H groups in total. The Morgan fingerprint density at radius 1 is 1.19 bits per heavy atom. The molecule has 1 aromatic carbocycles. The molecule has 2 fully saturated rings. The molecule has 2 aromatic rings. The van der Waals surface area contributed by atoms with Crippen molar-refractivity contribution in [1.82, 2.24) is 24.9 Å². The minimum absolute atomic E-state index is 0. The Labute approximate surface area is 190 Å². The number of urea groups is 1. The van der Waals surface area contributed by atoms with E-state index in [1.165, 1.54) is 12.8 Å². The SMILES string of the molecule is C.Cc1cccc(C(=O)Nc2n[nH]c3c2CN(C(=O)N2C[C@@H]4CCCN4C[C@@H]2C)C3C)c1. The number of rotatable bonds is 2. The zero-order chi connectivity index (χ0) is 21.7. The van der Waals surface area contributed by atoms with Crippen LogP contribution in [0.4, 0.5) is 10.6 Å². The van der Waals surface area contributed by atoms with Crippen LogP contribution in [0.2, 0.25) is 0 Å². The van der Waals surface area contributed by atoms with Gasteiger partial charge in [0.25, 0.3) is 5.91 Å². The van der Waals surface area contributed by atoms with E-state index >= 15 is 0 Å². The highest BCUT2D eigenvalue weighted by molar-refractivity contribution is 6.04. The third kappa shape index (κ3) is 3.77. The number of H-pyrrole nitrogens is 1. The topological polar surface area (TPSA) is 84.6 Å². The molecular formula is C24H34N6O2. The van der Waals surface area contributed by atoms with E-state index in [1.807, 2.05) is 41.8 Å². The fraction of sp³-hybridized carbons (Fsp3) is 0.542. The fourth-order valence-electron chi connectivity index (χ4n) is 5.27. The Bertz CT molecular complexity index is 1020. The second kappa shape index (κ2) is 8.58. The van der Waals surface area contributed by atoms with E-state index < -0.39 is 0 Å². The minimum atomic E-state index is -0.193. The molecule has 5 rings (SSSR count). The van der Waals surface area contributed by atoms with Crippen LogP contribution in [0.5, 0.6) is 0 Å². The molecule has 0 saturated carbocycles. The largest absolute Gasteiger partial charge is 0.321 e. The summed E-state index contributed by atoms with van der Waals surface area (Å²) < 4.78 is 0. The van der Waals surface area contributed by atoms with Gasteiger partial charge in [0, 0.05) is 36.3 Å². The highest BCUT2D eigenvalue weighted by atomic mass is 16.2. The molecule has 2 saturated heterocycles. The van der Waals surface area contributed by atoms with Crippen LogP contribution >= 0.6 is 0 Å². The van der Waals surface area contributed by atoms with Crippen molar-refractivity contribution < 1.29 is 9.59 Å². The molecule has 32 heavy (non-hydrogen) atoms. The van der Waals surface area contributed by atoms with Crippen LogP contribution in [0.3, 0.4) is 0 Å². The summed E-state index contributed by atoms with van der Waals surface area (Å²) in [4.78, 5) is 32.6. The van der Waals surface area contributed by atoms with E-state index in [2.05, 4.69) is 27.3 Å². The average Bonchev–Trinajstić information content (AvgIpc) is 3.44. The zero-order valence-corrected chi connectivity index (χ0v) is 18.4. The fourth-order valence-corrected chi connectivity index (χ4v) is 5.27. The molecule has 1 aromatic heterocycles. The number of aryl methyl sites for hydroxylation is 1. The normalized spacial score (nSPS) is 24.7. The van der Waals surface area contributed by atoms with Gasteiger partial charge in [-0.25, -0.2) is 4.79 Å². The molecule has 0 aliphatic carbocycles. The van der Waals surface area contributed by atoms with E-state index in [9.17, 15) is 9.59 Å². The van der Waals surface area contributed by atoms with Gasteiger partial charge in [0.1, 0.15) is 0 Å². The number of nitrogens with zero attached hydrogens (tertiary/aromatic N) is 4. The Balaban J connectivity index is 0.00000245. The molecule has 8 nitrogen and oxygen atoms in total. The van der Waals surface area contributed by atoms with Gasteiger partial charge in [-0.05, 0) is 52.3 Å². The number of carbonyl (C=O) groups is 2. The number of carbonyl (C=O) groups excluding carboxylic acids is 2. The molecule has 172 valence electrons. The molecule has 3 amide bonds. The molecule has 3 atom stereocenters. The van der Waals surface area contributed by atoms with Crippen LogP contribution in [0.15, 0.2) is 24.3 Å². The van der Waals surface area contributed by atoms with E-state index in [4.69, 9.17) is 0 Å². The van der Waals surface area contributed by atoms with Crippen molar-refractivity contribution in [2.75, 3.05) is 25.0 Å². The summed E-state index contributed by atoms with van der Waals surface area (Å²) in [6.45, 7) is 9.46. The van der Waals surface area contributed by atoms with Gasteiger partial charge in [0.2, 0.25) is 0 Å². The van der Waals surface area contributed by atoms with Crippen molar-refractivity contribution in [2.45, 2.75) is 65.7 Å². The van der Waals surface area contributed by atoms with Crippen molar-refractivity contribution in [1.29, 1.82) is 0 Å². The van der Waals surface area contributed by atoms with Crippen molar-refractivity contribution >= 4 is 17.8 Å². The number of hydrogen-bond acceptors (Lipinski definition) is 4. The highest BCUT2D eigenvalue weighted by Gasteiger charge is 2.42. The van der Waals surface area contributed by atoms with E-state index in [0.717, 1.165) is 36.5 Å². The number of nitrogens with one attached hydrogen (secondary N) is 2. The standard InChI is InChI=1S/C23H30N6O2.CH4/c1-14-6-4-7-17(10-14)22(30)24-21-19-13-29(16(3)20(19)25-26-21)23(31)28-12-18-8-5-9-27(18)11-15(28)2;/h4,6-7,10,15-16,18H,5,8-9,11-13H2,1-3H3,(H2,24,25,26,30);1H4/t15-,16?,18-;/m0./s1. The Morgan fingerprint density at radius 3 is 2.78 bits per heavy atom. The van der Waals surface area contributed by atoms with Crippen molar-refractivity contribution in [3.8, 4) is 0 Å². The molecule has 0 spiro atoms. The summed E-state index contributed by atoms with van der Waals surface area (Å²) in [6, 6.07) is 8.13. The van der Waals surface area contributed by atoms with Crippen LogP contribution in [-0.4, -0.2) is 68.6 Å². The molecule has 8 heteroatoms. The monoisotopic (exact) mass is 438 g/mol. The van der Waals surface area contributed by atoms with Gasteiger partial charge >= 0.3 is 6.03 Å². The average molecular weight is 439 g/mol. The van der Waals surface area contributed by atoms with E-state index in [0.29, 0.717) is 24.0 Å². The lowest BCUT2D eigenvalue weighted by atomic mass is 10.1. The lowest BCUT2D eigenvalue weighted by molar-refractivity contribution is 0.0580. The van der Waals surface area contributed by atoms with E-state index in [-0.39, 0.29) is 31.4 Å². The van der Waals surface area contributed by atoms with Gasteiger partial charge in [0.05, 0.1) is 18.3 Å². The number of aromatic amines is 1. The van der Waals surface area contributed by atoms with Gasteiger partial charge in [-0.15, -0.1) is 0 Å². The second-order valence-electron chi connectivity index (χ2n) is 9.17. The smallest absolute Gasteiger partial charge is 0.319 e. The maximum Gasteiger partial charge on any atom is 0.321 e. The Morgan fingerprint density at radius 2 is 2.00 bits per heavy atom. The first kappa shape index (κ1) is 22.3. The van der Waals surface area contributed by atoms with Crippen molar-refractivity contribution in [3.63, 3.8) is 0 Å². The van der Waals surface area contributed by atoms with Crippen LogP contribution in [0.25, 0.3) is 0 Å². The van der Waals surface area contributed by atoms with Gasteiger partial charge in [-0.2, -0.15) is 5.10 Å². The summed E-state index contributed by atoms with van der Waals surface area (Å²) in [6.07, 6.45) is 2.39. The van der Waals surface area contributed by atoms with Crippen LogP contribution in [0, 0.1) is 6.92 Å². The first-order valence-corrected chi connectivity index (χ1v) is 11.2. The van der Waals surface area contributed by atoms with Crippen LogP contribution < -0.4 is 5.32 Å². The molecule has 3 aliphatic heterocycles. The van der Waals surface area contributed by atoms with Crippen molar-refractivity contribution in [3.05, 3.63) is 46.6 Å². The number of benzene rings is 1. The highest BCUT2D eigenvalue weighted by Crippen LogP contribution is 2.37. The Hall–Kier alpha value is -2.87. The molecule has 1 unspecified atom stereocenters. The first-order valence-electron chi connectivity index (χ1n) is 11.2. The molecule has 0 radical (unpaired) electrons. The maximum absolute atomic E-state index is 13.5. The predicted octanol–water partition coefficient (Wildman–Crippen LogP) is 3.77. The number of aromatic nitrogens is 2. The molecule has 3 aliphatic rings. The van der Waals surface area contributed by atoms with Gasteiger partial charge in [-0.1, -0.05) is 25.1 Å². The summed E-state index contributed by atoms with van der Waals surface area (Å²) in [5.41, 5.74) is 3.43. The van der Waals surface area contributed by atoms with Gasteiger partial charge < -0.3 is 15.1 Å². The lowest BCUT2D eigenvalue weighted by Gasteiger charge is -2.44. The van der Waals surface area contributed by atoms with Gasteiger partial charge in [-0.3, -0.25) is 14.8 Å². The summed E-state index contributed by atoms with van der Waals surface area (Å²) >= 11 is 0. The molecule has 4 heterocycles. The number of anilines is 1.